The minimum atomic E-state index is -0.618. The molecule has 2 rings (SSSR count). The van der Waals surface area contributed by atoms with Crippen molar-refractivity contribution in [2.45, 2.75) is 32.8 Å². The van der Waals surface area contributed by atoms with Gasteiger partial charge in [-0.25, -0.2) is 9.59 Å². The van der Waals surface area contributed by atoms with Crippen molar-refractivity contribution in [3.63, 3.8) is 0 Å². The van der Waals surface area contributed by atoms with E-state index in [2.05, 4.69) is 0 Å². The van der Waals surface area contributed by atoms with Crippen LogP contribution in [0.3, 0.4) is 0 Å². The average Bonchev–Trinajstić information content (AvgIpc) is 2.57. The predicted octanol–water partition coefficient (Wildman–Crippen LogP) is 4.90. The highest BCUT2D eigenvalue weighted by Gasteiger charge is 2.20. The van der Waals surface area contributed by atoms with Gasteiger partial charge in [-0.1, -0.05) is 37.1 Å². The minimum Gasteiger partial charge on any atom is -0.459 e. The van der Waals surface area contributed by atoms with E-state index in [4.69, 9.17) is 21.1 Å². The molecule has 2 aromatic rings. The van der Waals surface area contributed by atoms with Crippen LogP contribution in [0.1, 0.15) is 47.4 Å². The molecule has 0 aliphatic rings. The molecule has 24 heavy (non-hydrogen) atoms. The molecule has 0 bridgehead atoms. The molecule has 2 aromatic carbocycles. The lowest BCUT2D eigenvalue weighted by atomic mass is 10.1. The fraction of sp³-hybridized carbons (Fsp3) is 0.263. The van der Waals surface area contributed by atoms with Gasteiger partial charge in [0, 0.05) is 5.02 Å². The Bertz CT molecular complexity index is 710. The standard InChI is InChI=1S/C19H19ClO4/c1-3-6-13(2)23-18(21)16-7-4-5-8-17(16)19(22)24-15-11-9-14(20)10-12-15/h4-5,7-13H,3,6H2,1-2H3. The van der Waals surface area contributed by atoms with Gasteiger partial charge in [-0.2, -0.15) is 0 Å². The average molecular weight is 347 g/mol. The molecule has 0 radical (unpaired) electrons. The number of esters is 2. The summed E-state index contributed by atoms with van der Waals surface area (Å²) in [7, 11) is 0. The molecule has 0 aliphatic heterocycles. The van der Waals surface area contributed by atoms with Crippen molar-refractivity contribution in [2.24, 2.45) is 0 Å². The first kappa shape index (κ1) is 18.0. The second kappa shape index (κ2) is 8.50. The summed E-state index contributed by atoms with van der Waals surface area (Å²) in [5, 5.41) is 0.545. The molecule has 0 aromatic heterocycles. The largest absolute Gasteiger partial charge is 0.459 e. The molecule has 5 heteroatoms. The van der Waals surface area contributed by atoms with Gasteiger partial charge in [0.1, 0.15) is 5.75 Å². The zero-order valence-corrected chi connectivity index (χ0v) is 14.4. The highest BCUT2D eigenvalue weighted by molar-refractivity contribution is 6.30. The first-order valence-corrected chi connectivity index (χ1v) is 8.16. The molecule has 0 aliphatic carbocycles. The zero-order chi connectivity index (χ0) is 17.5. The molecule has 4 nitrogen and oxygen atoms in total. The number of rotatable bonds is 6. The maximum absolute atomic E-state index is 12.4. The Morgan fingerprint density at radius 3 is 2.17 bits per heavy atom. The van der Waals surface area contributed by atoms with Crippen LogP contribution in [0.5, 0.6) is 5.75 Å². The normalized spacial score (nSPS) is 11.6. The number of carbonyl (C=O) groups excluding carboxylic acids is 2. The number of hydrogen-bond donors (Lipinski definition) is 0. The molecular formula is C19H19ClO4. The highest BCUT2D eigenvalue weighted by Crippen LogP contribution is 2.19. The SMILES string of the molecule is CCCC(C)OC(=O)c1ccccc1C(=O)Oc1ccc(Cl)cc1. The van der Waals surface area contributed by atoms with Crippen LogP contribution in [0.2, 0.25) is 5.02 Å². The van der Waals surface area contributed by atoms with E-state index in [1.54, 1.807) is 48.5 Å². The molecule has 126 valence electrons. The Labute approximate surface area is 146 Å². The second-order valence-corrected chi connectivity index (χ2v) is 5.83. The summed E-state index contributed by atoms with van der Waals surface area (Å²) < 4.78 is 10.7. The van der Waals surface area contributed by atoms with Crippen molar-refractivity contribution in [1.82, 2.24) is 0 Å². The van der Waals surface area contributed by atoms with E-state index < -0.39 is 11.9 Å². The summed E-state index contributed by atoms with van der Waals surface area (Å²) in [5.41, 5.74) is 0.362. The van der Waals surface area contributed by atoms with Gasteiger partial charge < -0.3 is 9.47 Å². The summed E-state index contributed by atoms with van der Waals surface area (Å²) in [4.78, 5) is 24.7. The van der Waals surface area contributed by atoms with Crippen LogP contribution >= 0.6 is 11.6 Å². The van der Waals surface area contributed by atoms with Crippen molar-refractivity contribution in [3.8, 4) is 5.75 Å². The van der Waals surface area contributed by atoms with Crippen molar-refractivity contribution >= 4 is 23.5 Å². The van der Waals surface area contributed by atoms with E-state index in [0.717, 1.165) is 12.8 Å². The van der Waals surface area contributed by atoms with Crippen LogP contribution < -0.4 is 4.74 Å². The lowest BCUT2D eigenvalue weighted by Gasteiger charge is -2.14. The van der Waals surface area contributed by atoms with Crippen LogP contribution in [-0.4, -0.2) is 18.0 Å². The van der Waals surface area contributed by atoms with Gasteiger partial charge in [0.15, 0.2) is 0 Å². The van der Waals surface area contributed by atoms with E-state index in [9.17, 15) is 9.59 Å². The topological polar surface area (TPSA) is 52.6 Å². The smallest absolute Gasteiger partial charge is 0.344 e. The van der Waals surface area contributed by atoms with Crippen molar-refractivity contribution in [1.29, 1.82) is 0 Å². The van der Waals surface area contributed by atoms with E-state index in [1.807, 2.05) is 13.8 Å². The van der Waals surface area contributed by atoms with Gasteiger partial charge in [-0.3, -0.25) is 0 Å². The summed E-state index contributed by atoms with van der Waals surface area (Å²) in [5.74, 6) is -0.792. The van der Waals surface area contributed by atoms with Crippen molar-refractivity contribution in [3.05, 3.63) is 64.7 Å². The third kappa shape index (κ3) is 4.83. The first-order chi connectivity index (χ1) is 11.5. The lowest BCUT2D eigenvalue weighted by Crippen LogP contribution is -2.19. The van der Waals surface area contributed by atoms with Crippen LogP contribution in [0.4, 0.5) is 0 Å². The van der Waals surface area contributed by atoms with E-state index in [0.29, 0.717) is 10.8 Å². The Kier molecular flexibility index (Phi) is 6.38. The number of halogens is 1. The second-order valence-electron chi connectivity index (χ2n) is 5.39. The molecule has 0 fully saturated rings. The molecule has 1 unspecified atom stereocenters. The number of ether oxygens (including phenoxy) is 2. The molecule has 1 atom stereocenters. The van der Waals surface area contributed by atoms with Gasteiger partial charge in [0.2, 0.25) is 0 Å². The summed E-state index contributed by atoms with van der Waals surface area (Å²) in [6, 6.07) is 12.9. The third-order valence-corrected chi connectivity index (χ3v) is 3.65. The van der Waals surface area contributed by atoms with Crippen molar-refractivity contribution < 1.29 is 19.1 Å². The fourth-order valence-electron chi connectivity index (χ4n) is 2.22. The van der Waals surface area contributed by atoms with E-state index >= 15 is 0 Å². The first-order valence-electron chi connectivity index (χ1n) is 7.79. The Morgan fingerprint density at radius 2 is 1.58 bits per heavy atom. The molecule has 0 N–H and O–H groups in total. The van der Waals surface area contributed by atoms with Crippen LogP contribution in [-0.2, 0) is 4.74 Å². The lowest BCUT2D eigenvalue weighted by molar-refractivity contribution is 0.0318. The summed E-state index contributed by atoms with van der Waals surface area (Å²) in [6.45, 7) is 3.85. The Balaban J connectivity index is 2.16. The van der Waals surface area contributed by atoms with Gasteiger partial charge >= 0.3 is 11.9 Å². The Morgan fingerprint density at radius 1 is 1.00 bits per heavy atom. The maximum atomic E-state index is 12.4. The molecule has 0 saturated heterocycles. The molecule has 0 heterocycles. The third-order valence-electron chi connectivity index (χ3n) is 3.39. The number of benzene rings is 2. The van der Waals surface area contributed by atoms with E-state index in [-0.39, 0.29) is 17.2 Å². The zero-order valence-electron chi connectivity index (χ0n) is 13.6. The molecular weight excluding hydrogens is 328 g/mol. The predicted molar refractivity (Wildman–Crippen MR) is 92.6 cm³/mol. The molecule has 0 saturated carbocycles. The van der Waals surface area contributed by atoms with Crippen molar-refractivity contribution in [2.75, 3.05) is 0 Å². The summed E-state index contributed by atoms with van der Waals surface area (Å²) >= 11 is 5.80. The van der Waals surface area contributed by atoms with Crippen LogP contribution in [0, 0.1) is 0 Å². The quantitative estimate of drug-likeness (QED) is 0.551. The van der Waals surface area contributed by atoms with E-state index in [1.165, 1.54) is 0 Å². The molecule has 0 amide bonds. The van der Waals surface area contributed by atoms with Crippen LogP contribution in [0.15, 0.2) is 48.5 Å². The fourth-order valence-corrected chi connectivity index (χ4v) is 2.34. The minimum absolute atomic E-state index is 0.168. The van der Waals surface area contributed by atoms with Gasteiger partial charge in [0.25, 0.3) is 0 Å². The Hall–Kier alpha value is -2.33. The highest BCUT2D eigenvalue weighted by atomic mass is 35.5. The number of hydrogen-bond acceptors (Lipinski definition) is 4. The van der Waals surface area contributed by atoms with Gasteiger partial charge in [-0.05, 0) is 49.7 Å². The van der Waals surface area contributed by atoms with Gasteiger partial charge in [-0.15, -0.1) is 0 Å². The molecule has 0 spiro atoms. The van der Waals surface area contributed by atoms with Gasteiger partial charge in [0.05, 0.1) is 17.2 Å². The monoisotopic (exact) mass is 346 g/mol. The summed E-state index contributed by atoms with van der Waals surface area (Å²) in [6.07, 6.45) is 1.47. The maximum Gasteiger partial charge on any atom is 0.344 e. The number of carbonyl (C=O) groups is 2. The van der Waals surface area contributed by atoms with Crippen LogP contribution in [0.25, 0.3) is 0 Å².